The van der Waals surface area contributed by atoms with Crippen LogP contribution in [0.25, 0.3) is 0 Å². The van der Waals surface area contributed by atoms with Crippen molar-refractivity contribution in [2.45, 2.75) is 12.0 Å². The van der Waals surface area contributed by atoms with Crippen molar-refractivity contribution in [3.8, 4) is 0 Å². The second-order valence-corrected chi connectivity index (χ2v) is 1.92. The van der Waals surface area contributed by atoms with E-state index in [-0.39, 0.29) is 6.29 Å². The van der Waals surface area contributed by atoms with E-state index >= 15 is 0 Å². The van der Waals surface area contributed by atoms with Crippen molar-refractivity contribution in [2.24, 2.45) is 0 Å². The van der Waals surface area contributed by atoms with Gasteiger partial charge < -0.3 is 15.3 Å². The van der Waals surface area contributed by atoms with Crippen molar-refractivity contribution in [3.63, 3.8) is 0 Å². The topological polar surface area (TPSA) is 112 Å². The Labute approximate surface area is 61.1 Å². The molecule has 0 radical (unpaired) electrons. The van der Waals surface area contributed by atoms with Gasteiger partial charge in [0.15, 0.2) is 6.29 Å². The predicted octanol–water partition coefficient (Wildman–Crippen LogP) is -1.52. The minimum atomic E-state index is -2.80. The number of aliphatic hydroxyl groups is 1. The van der Waals surface area contributed by atoms with Gasteiger partial charge in [0.05, 0.1) is 6.42 Å². The summed E-state index contributed by atoms with van der Waals surface area (Å²) in [7, 11) is 0. The van der Waals surface area contributed by atoms with Crippen LogP contribution in [0.3, 0.4) is 0 Å². The molecule has 0 heterocycles. The van der Waals surface area contributed by atoms with Crippen LogP contribution in [0.4, 0.5) is 0 Å². The van der Waals surface area contributed by atoms with Crippen LogP contribution in [-0.2, 0) is 14.4 Å². The van der Waals surface area contributed by atoms with Gasteiger partial charge in [-0.05, 0) is 0 Å². The summed E-state index contributed by atoms with van der Waals surface area (Å²) in [6.07, 6.45) is -1.45. The van der Waals surface area contributed by atoms with Crippen molar-refractivity contribution < 1.29 is 29.7 Å². The SMILES string of the molecule is O=CC(O)(CC(=O)O)C(=O)O. The van der Waals surface area contributed by atoms with Gasteiger partial charge in [-0.15, -0.1) is 0 Å². The minimum Gasteiger partial charge on any atom is -0.481 e. The molecule has 6 nitrogen and oxygen atoms in total. The Morgan fingerprint density at radius 1 is 1.36 bits per heavy atom. The maximum atomic E-state index is 10.0. The van der Waals surface area contributed by atoms with E-state index in [2.05, 4.69) is 0 Å². The number of rotatable bonds is 4. The van der Waals surface area contributed by atoms with E-state index in [9.17, 15) is 14.4 Å². The van der Waals surface area contributed by atoms with Crippen molar-refractivity contribution >= 4 is 18.2 Å². The van der Waals surface area contributed by atoms with Crippen molar-refractivity contribution in [2.75, 3.05) is 0 Å². The van der Waals surface area contributed by atoms with E-state index < -0.39 is 24.0 Å². The molecule has 11 heavy (non-hydrogen) atoms. The zero-order chi connectivity index (χ0) is 9.07. The van der Waals surface area contributed by atoms with E-state index in [1.807, 2.05) is 0 Å². The third-order valence-electron chi connectivity index (χ3n) is 0.986. The van der Waals surface area contributed by atoms with Gasteiger partial charge in [-0.3, -0.25) is 9.59 Å². The monoisotopic (exact) mass is 162 g/mol. The Kier molecular flexibility index (Phi) is 2.70. The second kappa shape index (κ2) is 3.11. The van der Waals surface area contributed by atoms with E-state index in [4.69, 9.17) is 15.3 Å². The Balaban J connectivity index is 4.47. The van der Waals surface area contributed by atoms with E-state index in [1.165, 1.54) is 0 Å². The van der Waals surface area contributed by atoms with Gasteiger partial charge in [0.1, 0.15) is 0 Å². The fourth-order valence-electron chi connectivity index (χ4n) is 0.398. The molecule has 0 amide bonds. The average molecular weight is 162 g/mol. The Morgan fingerprint density at radius 2 is 1.82 bits per heavy atom. The summed E-state index contributed by atoms with van der Waals surface area (Å²) in [5.41, 5.74) is -2.80. The van der Waals surface area contributed by atoms with Crippen molar-refractivity contribution in [1.29, 1.82) is 0 Å². The Bertz CT molecular complexity index is 197. The lowest BCUT2D eigenvalue weighted by Crippen LogP contribution is -2.42. The van der Waals surface area contributed by atoms with Crippen LogP contribution in [0.15, 0.2) is 0 Å². The highest BCUT2D eigenvalue weighted by Gasteiger charge is 2.38. The number of hydrogen-bond donors (Lipinski definition) is 3. The molecule has 0 saturated carbocycles. The third kappa shape index (κ3) is 2.34. The first-order chi connectivity index (χ1) is 4.92. The van der Waals surface area contributed by atoms with Crippen LogP contribution in [0, 0.1) is 0 Å². The molecule has 0 fully saturated rings. The molecule has 0 aliphatic rings. The minimum absolute atomic E-state index is 0.316. The molecule has 0 aliphatic carbocycles. The molecule has 0 spiro atoms. The van der Waals surface area contributed by atoms with Gasteiger partial charge in [-0.25, -0.2) is 4.79 Å². The Hall–Kier alpha value is -1.43. The summed E-state index contributed by atoms with van der Waals surface area (Å²) < 4.78 is 0. The lowest BCUT2D eigenvalue weighted by Gasteiger charge is -2.12. The molecule has 0 saturated heterocycles. The predicted molar refractivity (Wildman–Crippen MR) is 30.9 cm³/mol. The molecular weight excluding hydrogens is 156 g/mol. The summed E-state index contributed by atoms with van der Waals surface area (Å²) in [6, 6.07) is 0. The molecule has 0 aromatic carbocycles. The van der Waals surface area contributed by atoms with E-state index in [1.54, 1.807) is 0 Å². The summed E-state index contributed by atoms with van der Waals surface area (Å²) in [4.78, 5) is 29.8. The third-order valence-corrected chi connectivity index (χ3v) is 0.986. The molecular formula is C5H6O6. The highest BCUT2D eigenvalue weighted by molar-refractivity contribution is 5.98. The van der Waals surface area contributed by atoms with Gasteiger partial charge in [-0.2, -0.15) is 0 Å². The molecule has 0 rings (SSSR count). The summed E-state index contributed by atoms with van der Waals surface area (Å²) in [6.45, 7) is 0. The first kappa shape index (κ1) is 9.57. The first-order valence-electron chi connectivity index (χ1n) is 2.56. The largest absolute Gasteiger partial charge is 0.481 e. The molecule has 62 valence electrons. The molecule has 1 atom stereocenters. The van der Waals surface area contributed by atoms with Crippen LogP contribution in [-0.4, -0.2) is 39.1 Å². The molecule has 0 bridgehead atoms. The number of carbonyl (C=O) groups excluding carboxylic acids is 1. The van der Waals surface area contributed by atoms with Crippen LogP contribution in [0.1, 0.15) is 6.42 Å². The number of carbonyl (C=O) groups is 3. The maximum Gasteiger partial charge on any atom is 0.343 e. The fourth-order valence-corrected chi connectivity index (χ4v) is 0.398. The van der Waals surface area contributed by atoms with Crippen molar-refractivity contribution in [3.05, 3.63) is 0 Å². The number of carboxylic acids is 2. The highest BCUT2D eigenvalue weighted by Crippen LogP contribution is 2.06. The zero-order valence-electron chi connectivity index (χ0n) is 5.35. The molecule has 1 unspecified atom stereocenters. The van der Waals surface area contributed by atoms with E-state index in [0.29, 0.717) is 0 Å². The normalized spacial score (nSPS) is 15.0. The van der Waals surface area contributed by atoms with Gasteiger partial charge >= 0.3 is 11.9 Å². The molecule has 6 heteroatoms. The highest BCUT2D eigenvalue weighted by atomic mass is 16.4. The second-order valence-electron chi connectivity index (χ2n) is 1.92. The van der Waals surface area contributed by atoms with Crippen LogP contribution >= 0.6 is 0 Å². The average Bonchev–Trinajstić information content (AvgIpc) is 1.86. The standard InChI is InChI=1S/C5H6O6/c6-2-5(11,4(9)10)1-3(7)8/h2,11H,1H2,(H,7,8)(H,9,10). The molecule has 0 aliphatic heterocycles. The van der Waals surface area contributed by atoms with Gasteiger partial charge in [0.25, 0.3) is 0 Å². The summed E-state index contributed by atoms with van der Waals surface area (Å²) >= 11 is 0. The van der Waals surface area contributed by atoms with Gasteiger partial charge in [0.2, 0.25) is 5.60 Å². The van der Waals surface area contributed by atoms with Crippen LogP contribution in [0.2, 0.25) is 0 Å². The zero-order valence-corrected chi connectivity index (χ0v) is 5.35. The number of carboxylic acid groups (broad SMARTS) is 2. The molecule has 0 aromatic heterocycles. The molecule has 3 N–H and O–H groups in total. The number of aldehydes is 1. The van der Waals surface area contributed by atoms with Gasteiger partial charge in [-0.1, -0.05) is 0 Å². The quantitative estimate of drug-likeness (QED) is 0.341. The number of hydrogen-bond acceptors (Lipinski definition) is 4. The summed E-state index contributed by atoms with van der Waals surface area (Å²) in [5, 5.41) is 24.9. The smallest absolute Gasteiger partial charge is 0.343 e. The van der Waals surface area contributed by atoms with Crippen molar-refractivity contribution in [1.82, 2.24) is 0 Å². The van der Waals surface area contributed by atoms with Gasteiger partial charge in [0, 0.05) is 0 Å². The fraction of sp³-hybridized carbons (Fsp3) is 0.400. The van der Waals surface area contributed by atoms with E-state index in [0.717, 1.165) is 0 Å². The van der Waals surface area contributed by atoms with Crippen LogP contribution < -0.4 is 0 Å². The Morgan fingerprint density at radius 3 is 1.91 bits per heavy atom. The lowest BCUT2D eigenvalue weighted by molar-refractivity contribution is -0.166. The first-order valence-corrected chi connectivity index (χ1v) is 2.56. The van der Waals surface area contributed by atoms with Crippen LogP contribution in [0.5, 0.6) is 0 Å². The summed E-state index contributed by atoms with van der Waals surface area (Å²) in [5.74, 6) is -3.42. The molecule has 0 aromatic rings. The lowest BCUT2D eigenvalue weighted by atomic mass is 10.0. The number of aliphatic carboxylic acids is 2. The maximum absolute atomic E-state index is 10.0.